The number of nitrogens with two attached hydrogens (primary N) is 1. The molecular weight excluding hydrogens is 342 g/mol. The van der Waals surface area contributed by atoms with Gasteiger partial charge in [0.2, 0.25) is 0 Å². The summed E-state index contributed by atoms with van der Waals surface area (Å²) < 4.78 is 21.2. The van der Waals surface area contributed by atoms with Crippen LogP contribution in [0.5, 0.6) is 0 Å². The van der Waals surface area contributed by atoms with Gasteiger partial charge in [-0.05, 0) is 18.2 Å². The minimum atomic E-state index is -0.458. The van der Waals surface area contributed by atoms with Gasteiger partial charge in [-0.3, -0.25) is 0 Å². The van der Waals surface area contributed by atoms with E-state index in [9.17, 15) is 4.79 Å². The molecule has 0 heterocycles. The van der Waals surface area contributed by atoms with Crippen LogP contribution in [0.1, 0.15) is 10.4 Å². The third kappa shape index (κ3) is 7.42. The van der Waals surface area contributed by atoms with Crippen molar-refractivity contribution in [3.8, 4) is 0 Å². The van der Waals surface area contributed by atoms with E-state index in [0.29, 0.717) is 44.3 Å². The number of anilines is 1. The molecule has 1 aromatic rings. The third-order valence-electron chi connectivity index (χ3n) is 2.50. The molecule has 0 aliphatic rings. The Balaban J connectivity index is 2.11. The fraction of sp³-hybridized carbons (Fsp3) is 0.500. The molecule has 0 saturated heterocycles. The highest BCUT2D eigenvalue weighted by molar-refractivity contribution is 9.10. The van der Waals surface area contributed by atoms with E-state index in [1.54, 1.807) is 25.3 Å². The van der Waals surface area contributed by atoms with E-state index in [-0.39, 0.29) is 6.61 Å². The predicted octanol–water partition coefficient (Wildman–Crippen LogP) is 1.87. The van der Waals surface area contributed by atoms with Crippen molar-refractivity contribution < 1.29 is 23.7 Å². The Hall–Kier alpha value is -1.15. The highest BCUT2D eigenvalue weighted by Crippen LogP contribution is 2.19. The first-order valence-corrected chi connectivity index (χ1v) is 7.31. The number of esters is 1. The van der Waals surface area contributed by atoms with Crippen LogP contribution in [0, 0.1) is 0 Å². The third-order valence-corrected chi connectivity index (χ3v) is 2.99. The summed E-state index contributed by atoms with van der Waals surface area (Å²) in [6.07, 6.45) is 0. The molecule has 0 aliphatic carbocycles. The zero-order valence-electron chi connectivity index (χ0n) is 12.0. The van der Waals surface area contributed by atoms with Gasteiger partial charge in [-0.25, -0.2) is 4.79 Å². The molecule has 0 aromatic heterocycles. The van der Waals surface area contributed by atoms with Crippen molar-refractivity contribution in [2.45, 2.75) is 0 Å². The summed E-state index contributed by atoms with van der Waals surface area (Å²) in [6.45, 7) is 2.52. The summed E-state index contributed by atoms with van der Waals surface area (Å²) in [5.74, 6) is -0.458. The first-order valence-electron chi connectivity index (χ1n) is 6.51. The smallest absolute Gasteiger partial charge is 0.340 e. The zero-order valence-corrected chi connectivity index (χ0v) is 13.6. The molecule has 0 spiro atoms. The normalized spacial score (nSPS) is 10.6. The fourth-order valence-electron chi connectivity index (χ4n) is 1.45. The summed E-state index contributed by atoms with van der Waals surface area (Å²) in [5.41, 5.74) is 6.47. The number of hydrogen-bond acceptors (Lipinski definition) is 6. The molecule has 0 unspecified atom stereocenters. The Labute approximate surface area is 132 Å². The van der Waals surface area contributed by atoms with Crippen LogP contribution in [-0.2, 0) is 18.9 Å². The fourth-order valence-corrected chi connectivity index (χ4v) is 1.83. The largest absolute Gasteiger partial charge is 0.460 e. The number of methoxy groups -OCH3 is 1. The number of nitrogen functional groups attached to an aromatic ring is 1. The van der Waals surface area contributed by atoms with Crippen molar-refractivity contribution in [2.75, 3.05) is 52.5 Å². The van der Waals surface area contributed by atoms with Crippen LogP contribution in [0.15, 0.2) is 22.7 Å². The number of halogens is 1. The Morgan fingerprint density at radius 2 is 1.71 bits per heavy atom. The van der Waals surface area contributed by atoms with Crippen LogP contribution in [-0.4, -0.2) is 52.7 Å². The topological polar surface area (TPSA) is 80.0 Å². The Kier molecular flexibility index (Phi) is 9.00. The van der Waals surface area contributed by atoms with E-state index < -0.39 is 5.97 Å². The Bertz CT molecular complexity index is 441. The van der Waals surface area contributed by atoms with Gasteiger partial charge < -0.3 is 24.7 Å². The van der Waals surface area contributed by atoms with Gasteiger partial charge >= 0.3 is 5.97 Å². The Morgan fingerprint density at radius 1 is 1.10 bits per heavy atom. The molecule has 0 radical (unpaired) electrons. The average Bonchev–Trinajstić information content (AvgIpc) is 2.45. The lowest BCUT2D eigenvalue weighted by Gasteiger charge is -2.08. The molecule has 0 bridgehead atoms. The van der Waals surface area contributed by atoms with Crippen molar-refractivity contribution in [3.05, 3.63) is 28.2 Å². The first-order chi connectivity index (χ1) is 10.1. The number of benzene rings is 1. The van der Waals surface area contributed by atoms with Gasteiger partial charge in [0.1, 0.15) is 6.61 Å². The van der Waals surface area contributed by atoms with E-state index in [4.69, 9.17) is 24.7 Å². The second-order valence-corrected chi connectivity index (χ2v) is 5.00. The van der Waals surface area contributed by atoms with E-state index >= 15 is 0 Å². The maximum Gasteiger partial charge on any atom is 0.340 e. The number of carbonyl (C=O) groups is 1. The average molecular weight is 362 g/mol. The van der Waals surface area contributed by atoms with Crippen molar-refractivity contribution >= 4 is 27.6 Å². The first kappa shape index (κ1) is 17.9. The molecule has 6 nitrogen and oxygen atoms in total. The SMILES string of the molecule is COCCOCCOCCOC(=O)c1ccc(Br)cc1N. The van der Waals surface area contributed by atoms with E-state index in [1.807, 2.05) is 0 Å². The minimum Gasteiger partial charge on any atom is -0.460 e. The molecule has 2 N–H and O–H groups in total. The Morgan fingerprint density at radius 3 is 2.33 bits per heavy atom. The van der Waals surface area contributed by atoms with Gasteiger partial charge in [0.25, 0.3) is 0 Å². The van der Waals surface area contributed by atoms with Crippen LogP contribution >= 0.6 is 15.9 Å². The standard InChI is InChI=1S/C14H20BrNO5/c1-18-4-5-19-6-7-20-8-9-21-14(17)12-3-2-11(15)10-13(12)16/h2-3,10H,4-9,16H2,1H3. The lowest BCUT2D eigenvalue weighted by molar-refractivity contribution is 0.00574. The van der Waals surface area contributed by atoms with Crippen molar-refractivity contribution in [1.29, 1.82) is 0 Å². The number of ether oxygens (including phenoxy) is 4. The summed E-state index contributed by atoms with van der Waals surface area (Å²) in [5, 5.41) is 0. The lowest BCUT2D eigenvalue weighted by atomic mass is 10.2. The zero-order chi connectivity index (χ0) is 15.5. The molecule has 0 aliphatic heterocycles. The molecule has 7 heteroatoms. The van der Waals surface area contributed by atoms with Gasteiger partial charge in [0.05, 0.1) is 38.6 Å². The molecule has 0 amide bonds. The van der Waals surface area contributed by atoms with Crippen LogP contribution in [0.2, 0.25) is 0 Å². The second kappa shape index (κ2) is 10.6. The number of rotatable bonds is 10. The predicted molar refractivity (Wildman–Crippen MR) is 82.4 cm³/mol. The summed E-state index contributed by atoms with van der Waals surface area (Å²) >= 11 is 3.28. The highest BCUT2D eigenvalue weighted by Gasteiger charge is 2.10. The quantitative estimate of drug-likeness (QED) is 0.389. The van der Waals surface area contributed by atoms with Crippen LogP contribution in [0.3, 0.4) is 0 Å². The van der Waals surface area contributed by atoms with Gasteiger partial charge in [0.15, 0.2) is 0 Å². The van der Waals surface area contributed by atoms with E-state index in [2.05, 4.69) is 15.9 Å². The molecule has 0 saturated carbocycles. The molecular formula is C14H20BrNO5. The monoisotopic (exact) mass is 361 g/mol. The second-order valence-electron chi connectivity index (χ2n) is 4.09. The molecule has 1 rings (SSSR count). The highest BCUT2D eigenvalue weighted by atomic mass is 79.9. The summed E-state index contributed by atoms with van der Waals surface area (Å²) in [4.78, 5) is 11.8. The molecule has 0 fully saturated rings. The minimum absolute atomic E-state index is 0.173. The molecule has 1 aromatic carbocycles. The number of hydrogen-bond donors (Lipinski definition) is 1. The van der Waals surface area contributed by atoms with Gasteiger partial charge in [-0.2, -0.15) is 0 Å². The maximum atomic E-state index is 11.8. The van der Waals surface area contributed by atoms with Crippen molar-refractivity contribution in [3.63, 3.8) is 0 Å². The van der Waals surface area contributed by atoms with Crippen LogP contribution in [0.4, 0.5) is 5.69 Å². The summed E-state index contributed by atoms with van der Waals surface area (Å²) in [7, 11) is 1.62. The van der Waals surface area contributed by atoms with E-state index in [0.717, 1.165) is 4.47 Å². The van der Waals surface area contributed by atoms with Gasteiger partial charge in [-0.1, -0.05) is 15.9 Å². The van der Waals surface area contributed by atoms with Crippen molar-refractivity contribution in [1.82, 2.24) is 0 Å². The molecule has 21 heavy (non-hydrogen) atoms. The number of carbonyl (C=O) groups excluding carboxylic acids is 1. The molecule has 118 valence electrons. The molecule has 0 atom stereocenters. The van der Waals surface area contributed by atoms with E-state index in [1.165, 1.54) is 0 Å². The van der Waals surface area contributed by atoms with Crippen molar-refractivity contribution in [2.24, 2.45) is 0 Å². The summed E-state index contributed by atoms with van der Waals surface area (Å²) in [6, 6.07) is 5.01. The van der Waals surface area contributed by atoms with Gasteiger partial charge in [-0.15, -0.1) is 0 Å². The maximum absolute atomic E-state index is 11.8. The van der Waals surface area contributed by atoms with Crippen LogP contribution in [0.25, 0.3) is 0 Å². The van der Waals surface area contributed by atoms with Crippen LogP contribution < -0.4 is 5.73 Å². The van der Waals surface area contributed by atoms with Gasteiger partial charge in [0, 0.05) is 17.3 Å². The lowest BCUT2D eigenvalue weighted by Crippen LogP contribution is -2.14.